The van der Waals surface area contributed by atoms with Crippen LogP contribution >= 0.6 is 0 Å². The molecule has 0 aliphatic carbocycles. The lowest BCUT2D eigenvalue weighted by Gasteiger charge is -2.02. The molecule has 1 rings (SSSR count). The van der Waals surface area contributed by atoms with Crippen molar-refractivity contribution in [3.8, 4) is 0 Å². The number of rotatable bonds is 3. The van der Waals surface area contributed by atoms with Crippen LogP contribution in [0.25, 0.3) is 0 Å². The molecule has 0 saturated heterocycles. The zero-order valence-corrected chi connectivity index (χ0v) is 8.49. The monoisotopic (exact) mass is 176 g/mol. The van der Waals surface area contributed by atoms with Crippen molar-refractivity contribution in [1.82, 2.24) is 4.90 Å². The van der Waals surface area contributed by atoms with E-state index in [1.165, 1.54) is 11.1 Å². The first-order chi connectivity index (χ1) is 6.18. The lowest BCUT2D eigenvalue weighted by atomic mass is 10.1. The minimum absolute atomic E-state index is 0.762. The molecular weight excluding hydrogens is 160 g/mol. The highest BCUT2D eigenvalue weighted by Crippen LogP contribution is 2.03. The Morgan fingerprint density at radius 1 is 1.23 bits per heavy atom. The molecule has 0 bridgehead atoms. The van der Waals surface area contributed by atoms with Gasteiger partial charge in [0.1, 0.15) is 0 Å². The third kappa shape index (κ3) is 3.74. The molecule has 0 amide bonds. The van der Waals surface area contributed by atoms with Crippen LogP contribution in [-0.2, 0) is 6.54 Å². The van der Waals surface area contributed by atoms with Gasteiger partial charge in [0.25, 0.3) is 0 Å². The van der Waals surface area contributed by atoms with Crippen molar-refractivity contribution in [3.05, 3.63) is 35.4 Å². The molecule has 13 heavy (non-hydrogen) atoms. The molecule has 0 spiro atoms. The molecule has 0 radical (unpaired) electrons. The van der Waals surface area contributed by atoms with E-state index in [0.717, 1.165) is 6.54 Å². The van der Waals surface area contributed by atoms with E-state index in [9.17, 15) is 0 Å². The Morgan fingerprint density at radius 2 is 1.85 bits per heavy atom. The SMILES string of the molecule is Cc1ccc(CN=CN(C)C)cc1. The van der Waals surface area contributed by atoms with Gasteiger partial charge in [0, 0.05) is 14.1 Å². The summed E-state index contributed by atoms with van der Waals surface area (Å²) in [5.41, 5.74) is 2.55. The van der Waals surface area contributed by atoms with Crippen LogP contribution < -0.4 is 0 Å². The minimum atomic E-state index is 0.762. The molecule has 70 valence electrons. The molecule has 0 unspecified atom stereocenters. The van der Waals surface area contributed by atoms with Crippen molar-refractivity contribution >= 4 is 6.34 Å². The second-order valence-electron chi connectivity index (χ2n) is 3.41. The number of benzene rings is 1. The van der Waals surface area contributed by atoms with Gasteiger partial charge >= 0.3 is 0 Å². The smallest absolute Gasteiger partial charge is 0.0848 e. The summed E-state index contributed by atoms with van der Waals surface area (Å²) in [6.07, 6.45) is 1.83. The summed E-state index contributed by atoms with van der Waals surface area (Å²) < 4.78 is 0. The Hall–Kier alpha value is -1.31. The fourth-order valence-electron chi connectivity index (χ4n) is 1.00. The van der Waals surface area contributed by atoms with Crippen LogP contribution in [0.3, 0.4) is 0 Å². The molecular formula is C11H16N2. The molecule has 0 aliphatic heterocycles. The maximum Gasteiger partial charge on any atom is 0.0848 e. The van der Waals surface area contributed by atoms with E-state index in [4.69, 9.17) is 0 Å². The molecule has 0 N–H and O–H groups in total. The molecule has 0 heterocycles. The maximum atomic E-state index is 4.27. The molecule has 0 aliphatic rings. The van der Waals surface area contributed by atoms with E-state index in [-0.39, 0.29) is 0 Å². The van der Waals surface area contributed by atoms with Crippen LogP contribution in [0.5, 0.6) is 0 Å². The van der Waals surface area contributed by atoms with Crippen molar-refractivity contribution in [1.29, 1.82) is 0 Å². The van der Waals surface area contributed by atoms with Crippen LogP contribution in [0.2, 0.25) is 0 Å². The Balaban J connectivity index is 2.50. The van der Waals surface area contributed by atoms with Gasteiger partial charge in [-0.3, -0.25) is 4.99 Å². The minimum Gasteiger partial charge on any atom is -0.369 e. The largest absolute Gasteiger partial charge is 0.369 e. The highest BCUT2D eigenvalue weighted by Gasteiger charge is 1.88. The Bertz CT molecular complexity index is 273. The quantitative estimate of drug-likeness (QED) is 0.508. The first-order valence-corrected chi connectivity index (χ1v) is 4.40. The van der Waals surface area contributed by atoms with Gasteiger partial charge in [0.2, 0.25) is 0 Å². The summed E-state index contributed by atoms with van der Waals surface area (Å²) in [5, 5.41) is 0. The molecule has 0 saturated carbocycles. The summed E-state index contributed by atoms with van der Waals surface area (Å²) in [5.74, 6) is 0. The number of hydrogen-bond acceptors (Lipinski definition) is 1. The Kier molecular flexibility index (Phi) is 3.50. The van der Waals surface area contributed by atoms with Gasteiger partial charge in [0.15, 0.2) is 0 Å². The van der Waals surface area contributed by atoms with Gasteiger partial charge in [-0.05, 0) is 12.5 Å². The average molecular weight is 176 g/mol. The number of nitrogens with zero attached hydrogens (tertiary/aromatic N) is 2. The van der Waals surface area contributed by atoms with Gasteiger partial charge in [-0.2, -0.15) is 0 Å². The summed E-state index contributed by atoms with van der Waals surface area (Å²) >= 11 is 0. The van der Waals surface area contributed by atoms with E-state index in [2.05, 4.69) is 36.2 Å². The predicted molar refractivity (Wildman–Crippen MR) is 57.1 cm³/mol. The summed E-state index contributed by atoms with van der Waals surface area (Å²) in [6.45, 7) is 2.85. The van der Waals surface area contributed by atoms with Crippen LogP contribution in [0.1, 0.15) is 11.1 Å². The lowest BCUT2D eigenvalue weighted by molar-refractivity contribution is 0.638. The molecule has 1 aromatic rings. The van der Waals surface area contributed by atoms with E-state index < -0.39 is 0 Å². The van der Waals surface area contributed by atoms with Gasteiger partial charge in [0.05, 0.1) is 12.9 Å². The van der Waals surface area contributed by atoms with Crippen molar-refractivity contribution in [3.63, 3.8) is 0 Å². The first-order valence-electron chi connectivity index (χ1n) is 4.40. The summed E-state index contributed by atoms with van der Waals surface area (Å²) in [6, 6.07) is 8.45. The Morgan fingerprint density at radius 3 is 2.38 bits per heavy atom. The highest BCUT2D eigenvalue weighted by molar-refractivity contribution is 5.53. The molecule has 0 fully saturated rings. The standard InChI is InChI=1S/C11H16N2/c1-10-4-6-11(7-5-10)8-12-9-13(2)3/h4-7,9H,8H2,1-3H3. The van der Waals surface area contributed by atoms with Crippen molar-refractivity contribution in [2.45, 2.75) is 13.5 Å². The van der Waals surface area contributed by atoms with Crippen molar-refractivity contribution in [2.24, 2.45) is 4.99 Å². The zero-order chi connectivity index (χ0) is 9.68. The number of aryl methyl sites for hydroxylation is 1. The van der Waals surface area contributed by atoms with E-state index in [1.807, 2.05) is 25.3 Å². The van der Waals surface area contributed by atoms with Crippen LogP contribution in [0.15, 0.2) is 29.3 Å². The molecule has 1 aromatic carbocycles. The maximum absolute atomic E-state index is 4.27. The molecule has 0 aromatic heterocycles. The highest BCUT2D eigenvalue weighted by atomic mass is 15.1. The van der Waals surface area contributed by atoms with E-state index in [1.54, 1.807) is 0 Å². The topological polar surface area (TPSA) is 15.6 Å². The van der Waals surface area contributed by atoms with Gasteiger partial charge in [-0.25, -0.2) is 0 Å². The fourth-order valence-corrected chi connectivity index (χ4v) is 1.00. The predicted octanol–water partition coefficient (Wildman–Crippen LogP) is 2.08. The van der Waals surface area contributed by atoms with Crippen molar-refractivity contribution < 1.29 is 0 Å². The molecule has 2 nitrogen and oxygen atoms in total. The number of hydrogen-bond donors (Lipinski definition) is 0. The third-order valence-electron chi connectivity index (χ3n) is 1.71. The molecule has 0 atom stereocenters. The normalized spacial score (nSPS) is 10.7. The second kappa shape index (κ2) is 4.65. The average Bonchev–Trinajstić information content (AvgIpc) is 2.08. The van der Waals surface area contributed by atoms with Gasteiger partial charge in [-0.15, -0.1) is 0 Å². The molecule has 2 heteroatoms. The number of aliphatic imine (C=N–C) groups is 1. The summed E-state index contributed by atoms with van der Waals surface area (Å²) in [7, 11) is 3.94. The van der Waals surface area contributed by atoms with Gasteiger partial charge in [-0.1, -0.05) is 29.8 Å². The van der Waals surface area contributed by atoms with Crippen LogP contribution in [0, 0.1) is 6.92 Å². The van der Waals surface area contributed by atoms with Crippen LogP contribution in [0.4, 0.5) is 0 Å². The van der Waals surface area contributed by atoms with Crippen molar-refractivity contribution in [2.75, 3.05) is 14.1 Å². The Labute approximate surface area is 79.9 Å². The third-order valence-corrected chi connectivity index (χ3v) is 1.71. The fraction of sp³-hybridized carbons (Fsp3) is 0.364. The first kappa shape index (κ1) is 9.78. The lowest BCUT2D eigenvalue weighted by Crippen LogP contribution is -2.07. The summed E-state index contributed by atoms with van der Waals surface area (Å²) in [4.78, 5) is 6.21. The second-order valence-corrected chi connectivity index (χ2v) is 3.41. The van der Waals surface area contributed by atoms with E-state index in [0.29, 0.717) is 0 Å². The van der Waals surface area contributed by atoms with Crippen LogP contribution in [-0.4, -0.2) is 25.3 Å². The van der Waals surface area contributed by atoms with Gasteiger partial charge < -0.3 is 4.90 Å². The zero-order valence-electron chi connectivity index (χ0n) is 8.49. The van der Waals surface area contributed by atoms with E-state index >= 15 is 0 Å².